The highest BCUT2D eigenvalue weighted by Crippen LogP contribution is 2.26. The Hall–Kier alpha value is -2.11. The first-order chi connectivity index (χ1) is 9.56. The van der Waals surface area contributed by atoms with Crippen LogP contribution in [0.2, 0.25) is 5.02 Å². The summed E-state index contributed by atoms with van der Waals surface area (Å²) in [6.07, 6.45) is 0. The molecule has 0 fully saturated rings. The molecule has 0 saturated heterocycles. The summed E-state index contributed by atoms with van der Waals surface area (Å²) in [6.45, 7) is 1.79. The zero-order chi connectivity index (χ0) is 14.3. The van der Waals surface area contributed by atoms with E-state index in [-0.39, 0.29) is 11.6 Å². The van der Waals surface area contributed by atoms with Crippen LogP contribution in [-0.2, 0) is 0 Å². The molecule has 20 heavy (non-hydrogen) atoms. The maximum atomic E-state index is 12.0. The molecule has 0 spiro atoms. The Balaban J connectivity index is 2.24. The minimum atomic E-state index is -0.286. The fourth-order valence-electron chi connectivity index (χ4n) is 2.06. The van der Waals surface area contributed by atoms with Crippen molar-refractivity contribution < 1.29 is 0 Å². The number of fused-ring (bicyclic) bond motifs is 1. The molecule has 0 saturated carbocycles. The molecule has 5 nitrogen and oxygen atoms in total. The number of aromatic nitrogens is 3. The fourth-order valence-corrected chi connectivity index (χ4v) is 2.30. The largest absolute Gasteiger partial charge is 0.323 e. The van der Waals surface area contributed by atoms with E-state index in [2.05, 4.69) is 10.1 Å². The number of nitrogens with two attached hydrogens (primary N) is 1. The van der Waals surface area contributed by atoms with Gasteiger partial charge in [0.2, 0.25) is 0 Å². The molecule has 1 atom stereocenters. The van der Waals surface area contributed by atoms with Crippen LogP contribution in [0, 0.1) is 0 Å². The second-order valence-electron chi connectivity index (χ2n) is 4.65. The molecule has 3 N–H and O–H groups in total. The Bertz CT molecular complexity index is 835. The van der Waals surface area contributed by atoms with E-state index in [1.54, 1.807) is 19.1 Å². The topological polar surface area (TPSA) is 76.2 Å². The number of nitrogens with zero attached hydrogens (tertiary/aromatic N) is 2. The Morgan fingerprint density at radius 2 is 2.10 bits per heavy atom. The molecule has 6 heteroatoms. The van der Waals surface area contributed by atoms with Crippen molar-refractivity contribution in [3.8, 4) is 11.3 Å². The van der Waals surface area contributed by atoms with Gasteiger partial charge in [0.05, 0.1) is 11.4 Å². The maximum absolute atomic E-state index is 12.0. The highest BCUT2D eigenvalue weighted by atomic mass is 35.5. The summed E-state index contributed by atoms with van der Waals surface area (Å²) < 4.78 is 1.38. The Morgan fingerprint density at radius 3 is 2.80 bits per heavy atom. The third-order valence-electron chi connectivity index (χ3n) is 3.10. The van der Waals surface area contributed by atoms with Crippen molar-refractivity contribution >= 4 is 17.2 Å². The van der Waals surface area contributed by atoms with Gasteiger partial charge in [-0.05, 0) is 13.0 Å². The molecule has 0 bridgehead atoms. The van der Waals surface area contributed by atoms with Gasteiger partial charge in [-0.1, -0.05) is 29.8 Å². The van der Waals surface area contributed by atoms with Gasteiger partial charge in [0.1, 0.15) is 0 Å². The zero-order valence-corrected chi connectivity index (χ0v) is 11.6. The van der Waals surface area contributed by atoms with E-state index in [4.69, 9.17) is 17.3 Å². The van der Waals surface area contributed by atoms with Gasteiger partial charge in [0, 0.05) is 28.8 Å². The smallest absolute Gasteiger partial charge is 0.272 e. The summed E-state index contributed by atoms with van der Waals surface area (Å²) in [6, 6.07) is 10.4. The highest BCUT2D eigenvalue weighted by Gasteiger charge is 2.11. The first kappa shape index (κ1) is 12.9. The van der Waals surface area contributed by atoms with Gasteiger partial charge < -0.3 is 5.73 Å². The third-order valence-corrected chi connectivity index (χ3v) is 3.43. The van der Waals surface area contributed by atoms with Gasteiger partial charge in [0.15, 0.2) is 5.65 Å². The van der Waals surface area contributed by atoms with Crippen molar-refractivity contribution in [1.29, 1.82) is 0 Å². The number of halogens is 1. The van der Waals surface area contributed by atoms with Crippen molar-refractivity contribution in [2.75, 3.05) is 0 Å². The lowest BCUT2D eigenvalue weighted by Crippen LogP contribution is -2.18. The van der Waals surface area contributed by atoms with Crippen molar-refractivity contribution in [2.24, 2.45) is 5.73 Å². The van der Waals surface area contributed by atoms with E-state index in [1.165, 1.54) is 10.6 Å². The van der Waals surface area contributed by atoms with Crippen molar-refractivity contribution in [1.82, 2.24) is 14.6 Å². The minimum Gasteiger partial charge on any atom is -0.323 e. The lowest BCUT2D eigenvalue weighted by atomic mass is 10.1. The minimum absolute atomic E-state index is 0.194. The molecule has 2 heterocycles. The number of hydrogen-bond donors (Lipinski definition) is 2. The predicted octanol–water partition coefficient (Wildman–Crippen LogP) is 2.36. The molecule has 0 aliphatic rings. The standard InChI is InChI=1S/C14H13ClN4O/c1-8(16)11-7-14(20)19-13(17-11)6-12(18-19)9-4-2-3-5-10(9)15/h2-8,18H,16H2,1H3. The summed E-state index contributed by atoms with van der Waals surface area (Å²) in [7, 11) is 0. The number of nitrogens with one attached hydrogen (secondary N) is 1. The first-order valence-corrected chi connectivity index (χ1v) is 6.57. The zero-order valence-electron chi connectivity index (χ0n) is 10.8. The van der Waals surface area contributed by atoms with Gasteiger partial charge in [-0.15, -0.1) is 0 Å². The van der Waals surface area contributed by atoms with Gasteiger partial charge in [-0.2, -0.15) is 0 Å². The summed E-state index contributed by atoms with van der Waals surface area (Å²) in [5.74, 6) is 0. The van der Waals surface area contributed by atoms with Crippen LogP contribution in [0.3, 0.4) is 0 Å². The van der Waals surface area contributed by atoms with Crippen LogP contribution in [0.1, 0.15) is 18.7 Å². The summed E-state index contributed by atoms with van der Waals surface area (Å²) in [5, 5.41) is 3.61. The van der Waals surface area contributed by atoms with E-state index < -0.39 is 0 Å². The van der Waals surface area contributed by atoms with Gasteiger partial charge >= 0.3 is 0 Å². The van der Waals surface area contributed by atoms with Crippen LogP contribution < -0.4 is 11.3 Å². The molecule has 1 unspecified atom stereocenters. The number of H-pyrrole nitrogens is 1. The number of benzene rings is 1. The molecule has 102 valence electrons. The molecule has 2 aromatic heterocycles. The second kappa shape index (κ2) is 4.77. The quantitative estimate of drug-likeness (QED) is 0.760. The third kappa shape index (κ3) is 2.11. The normalized spacial score (nSPS) is 12.8. The van der Waals surface area contributed by atoms with Crippen molar-refractivity contribution in [2.45, 2.75) is 13.0 Å². The summed E-state index contributed by atoms with van der Waals surface area (Å²) >= 11 is 6.16. The number of rotatable bonds is 2. The first-order valence-electron chi connectivity index (χ1n) is 6.19. The van der Waals surface area contributed by atoms with E-state index >= 15 is 0 Å². The average Bonchev–Trinajstić information content (AvgIpc) is 2.83. The number of hydrogen-bond acceptors (Lipinski definition) is 3. The second-order valence-corrected chi connectivity index (χ2v) is 5.06. The van der Waals surface area contributed by atoms with E-state index in [9.17, 15) is 4.79 Å². The molecule has 0 radical (unpaired) electrons. The molecule has 0 amide bonds. The van der Waals surface area contributed by atoms with Crippen molar-refractivity contribution in [3.05, 3.63) is 57.5 Å². The molecular formula is C14H13ClN4O. The van der Waals surface area contributed by atoms with Crippen LogP contribution in [0.5, 0.6) is 0 Å². The van der Waals surface area contributed by atoms with Crippen LogP contribution >= 0.6 is 11.6 Å². The molecule has 3 aromatic rings. The fraction of sp³-hybridized carbons (Fsp3) is 0.143. The van der Waals surface area contributed by atoms with Crippen LogP contribution in [0.25, 0.3) is 16.9 Å². The van der Waals surface area contributed by atoms with Crippen LogP contribution in [0.15, 0.2) is 41.2 Å². The van der Waals surface area contributed by atoms with E-state index in [0.717, 1.165) is 11.3 Å². The van der Waals surface area contributed by atoms with E-state index in [0.29, 0.717) is 16.4 Å². The van der Waals surface area contributed by atoms with Gasteiger partial charge in [-0.25, -0.2) is 9.50 Å². The van der Waals surface area contributed by atoms with Gasteiger partial charge in [0.25, 0.3) is 5.56 Å². The molecule has 3 rings (SSSR count). The molecule has 0 aliphatic heterocycles. The maximum Gasteiger partial charge on any atom is 0.272 e. The SMILES string of the molecule is CC(N)c1cc(=O)n2[nH]c(-c3ccccc3Cl)cc2n1. The predicted molar refractivity (Wildman–Crippen MR) is 78.9 cm³/mol. The monoisotopic (exact) mass is 288 g/mol. The van der Waals surface area contributed by atoms with Gasteiger partial charge in [-0.3, -0.25) is 9.89 Å². The summed E-state index contributed by atoms with van der Waals surface area (Å²) in [5.41, 5.74) is 8.24. The number of aromatic amines is 1. The Labute approximate surface area is 120 Å². The molecular weight excluding hydrogens is 276 g/mol. The Morgan fingerprint density at radius 1 is 1.35 bits per heavy atom. The average molecular weight is 289 g/mol. The lowest BCUT2D eigenvalue weighted by Gasteiger charge is -2.03. The summed E-state index contributed by atoms with van der Waals surface area (Å²) in [4.78, 5) is 16.4. The highest BCUT2D eigenvalue weighted by molar-refractivity contribution is 6.33. The molecule has 1 aromatic carbocycles. The van der Waals surface area contributed by atoms with Crippen molar-refractivity contribution in [3.63, 3.8) is 0 Å². The van der Waals surface area contributed by atoms with Crippen LogP contribution in [0.4, 0.5) is 0 Å². The molecule has 0 aliphatic carbocycles. The Kier molecular flexibility index (Phi) is 3.08. The van der Waals surface area contributed by atoms with Crippen LogP contribution in [-0.4, -0.2) is 14.6 Å². The lowest BCUT2D eigenvalue weighted by molar-refractivity contribution is 0.765. The van der Waals surface area contributed by atoms with E-state index in [1.807, 2.05) is 18.2 Å².